The lowest BCUT2D eigenvalue weighted by molar-refractivity contribution is -0.126. The Morgan fingerprint density at radius 2 is 2.15 bits per heavy atom. The van der Waals surface area contributed by atoms with Gasteiger partial charge in [0.05, 0.1) is 18.6 Å². The number of carbonyl (C=O) groups excluding carboxylic acids is 1. The molecule has 0 aliphatic carbocycles. The molecule has 2 heterocycles. The maximum absolute atomic E-state index is 12.3. The van der Waals surface area contributed by atoms with Gasteiger partial charge in [-0.3, -0.25) is 4.79 Å². The highest BCUT2D eigenvalue weighted by Crippen LogP contribution is 2.31. The standard InChI is InChI=1S/C15H20N2O2.ClH/c18-15(11-4-3-8-16-10-11)17-13-7-9-19-14-6-2-1-5-12(13)14;/h1-2,5-6,11,13,16H,3-4,7-10H2,(H,17,18);1H. The average Bonchev–Trinajstić information content (AvgIpc) is 2.48. The molecule has 2 unspecified atom stereocenters. The number of nitrogens with one attached hydrogen (secondary N) is 2. The SMILES string of the molecule is Cl.O=C(NC1CCOc2ccccc21)C1CCCNC1. The van der Waals surface area contributed by atoms with Crippen molar-refractivity contribution in [3.05, 3.63) is 29.8 Å². The van der Waals surface area contributed by atoms with Crippen LogP contribution in [0.15, 0.2) is 24.3 Å². The molecule has 0 bridgehead atoms. The summed E-state index contributed by atoms with van der Waals surface area (Å²) < 4.78 is 5.62. The number of piperidine rings is 1. The minimum Gasteiger partial charge on any atom is -0.493 e. The summed E-state index contributed by atoms with van der Waals surface area (Å²) in [6.45, 7) is 2.51. The van der Waals surface area contributed by atoms with Crippen LogP contribution in [0.25, 0.3) is 0 Å². The van der Waals surface area contributed by atoms with E-state index in [1.165, 1.54) is 0 Å². The Morgan fingerprint density at radius 3 is 2.95 bits per heavy atom. The van der Waals surface area contributed by atoms with Crippen LogP contribution in [0.5, 0.6) is 5.75 Å². The fourth-order valence-corrected chi connectivity index (χ4v) is 2.86. The van der Waals surface area contributed by atoms with Gasteiger partial charge in [0.1, 0.15) is 5.75 Å². The molecule has 4 nitrogen and oxygen atoms in total. The highest BCUT2D eigenvalue weighted by molar-refractivity contribution is 5.85. The quantitative estimate of drug-likeness (QED) is 0.878. The Hall–Kier alpha value is -1.26. The molecule has 2 N–H and O–H groups in total. The van der Waals surface area contributed by atoms with E-state index in [9.17, 15) is 4.79 Å². The topological polar surface area (TPSA) is 50.4 Å². The third-order valence-corrected chi connectivity index (χ3v) is 3.94. The summed E-state index contributed by atoms with van der Waals surface area (Å²) in [5.41, 5.74) is 1.10. The van der Waals surface area contributed by atoms with Crippen molar-refractivity contribution in [3.8, 4) is 5.75 Å². The number of fused-ring (bicyclic) bond motifs is 1. The molecule has 1 aromatic rings. The van der Waals surface area contributed by atoms with Crippen LogP contribution in [0.1, 0.15) is 30.9 Å². The molecule has 0 radical (unpaired) electrons. The van der Waals surface area contributed by atoms with Crippen molar-refractivity contribution in [2.75, 3.05) is 19.7 Å². The summed E-state index contributed by atoms with van der Waals surface area (Å²) in [6.07, 6.45) is 2.93. The number of rotatable bonds is 2. The fourth-order valence-electron chi connectivity index (χ4n) is 2.86. The maximum atomic E-state index is 12.3. The molecule has 0 spiro atoms. The van der Waals surface area contributed by atoms with Crippen LogP contribution in [0.4, 0.5) is 0 Å². The number of carbonyl (C=O) groups is 1. The minimum atomic E-state index is 0. The Balaban J connectivity index is 0.00000147. The molecular weight excluding hydrogens is 276 g/mol. The summed E-state index contributed by atoms with van der Waals surface area (Å²) in [5, 5.41) is 6.47. The number of hydrogen-bond acceptors (Lipinski definition) is 3. The van der Waals surface area contributed by atoms with Crippen LogP contribution >= 0.6 is 12.4 Å². The lowest BCUT2D eigenvalue weighted by Crippen LogP contribution is -2.42. The van der Waals surface area contributed by atoms with Gasteiger partial charge in [-0.15, -0.1) is 12.4 Å². The number of ether oxygens (including phenoxy) is 1. The first-order chi connectivity index (χ1) is 9.34. The van der Waals surface area contributed by atoms with Crippen LogP contribution in [0, 0.1) is 5.92 Å². The summed E-state index contributed by atoms with van der Waals surface area (Å²) in [4.78, 5) is 12.3. The summed E-state index contributed by atoms with van der Waals surface area (Å²) >= 11 is 0. The second-order valence-electron chi connectivity index (χ2n) is 5.28. The van der Waals surface area contributed by atoms with E-state index in [1.807, 2.05) is 24.3 Å². The van der Waals surface area contributed by atoms with Gasteiger partial charge in [0.25, 0.3) is 0 Å². The molecule has 2 aliphatic heterocycles. The predicted molar refractivity (Wildman–Crippen MR) is 80.3 cm³/mol. The van der Waals surface area contributed by atoms with E-state index in [-0.39, 0.29) is 30.3 Å². The van der Waals surface area contributed by atoms with E-state index < -0.39 is 0 Å². The molecular formula is C15H21ClN2O2. The smallest absolute Gasteiger partial charge is 0.224 e. The van der Waals surface area contributed by atoms with Crippen LogP contribution in [-0.2, 0) is 4.79 Å². The Bertz CT molecular complexity index is 461. The molecule has 5 heteroatoms. The van der Waals surface area contributed by atoms with E-state index in [1.54, 1.807) is 0 Å². The Labute approximate surface area is 125 Å². The number of benzene rings is 1. The van der Waals surface area contributed by atoms with Crippen molar-refractivity contribution >= 4 is 18.3 Å². The van der Waals surface area contributed by atoms with Gasteiger partial charge < -0.3 is 15.4 Å². The van der Waals surface area contributed by atoms with Crippen LogP contribution in [0.2, 0.25) is 0 Å². The molecule has 2 aliphatic rings. The average molecular weight is 297 g/mol. The zero-order valence-corrected chi connectivity index (χ0v) is 12.2. The summed E-state index contributed by atoms with van der Waals surface area (Å²) in [5.74, 6) is 1.19. The van der Waals surface area contributed by atoms with Crippen molar-refractivity contribution in [1.29, 1.82) is 0 Å². The third-order valence-electron chi connectivity index (χ3n) is 3.94. The highest BCUT2D eigenvalue weighted by Gasteiger charge is 2.26. The zero-order chi connectivity index (χ0) is 13.1. The molecule has 0 saturated carbocycles. The monoisotopic (exact) mass is 296 g/mol. The number of hydrogen-bond donors (Lipinski definition) is 2. The summed E-state index contributed by atoms with van der Waals surface area (Å²) in [6, 6.07) is 8.07. The maximum Gasteiger partial charge on any atom is 0.224 e. The number of amides is 1. The molecule has 2 atom stereocenters. The normalized spacial score (nSPS) is 24.8. The lowest BCUT2D eigenvalue weighted by atomic mass is 9.96. The Kier molecular flexibility index (Phi) is 5.26. The first-order valence-corrected chi connectivity index (χ1v) is 7.07. The number of halogens is 1. The van der Waals surface area contributed by atoms with Crippen LogP contribution < -0.4 is 15.4 Å². The first kappa shape index (κ1) is 15.1. The molecule has 1 aromatic carbocycles. The second kappa shape index (κ2) is 6.95. The predicted octanol–water partition coefficient (Wildman–Crippen LogP) is 2.05. The van der Waals surface area contributed by atoms with Gasteiger partial charge in [-0.05, 0) is 25.5 Å². The van der Waals surface area contributed by atoms with Gasteiger partial charge >= 0.3 is 0 Å². The van der Waals surface area contributed by atoms with Crippen molar-refractivity contribution in [1.82, 2.24) is 10.6 Å². The molecule has 0 aromatic heterocycles. The lowest BCUT2D eigenvalue weighted by Gasteiger charge is -2.29. The van der Waals surface area contributed by atoms with E-state index >= 15 is 0 Å². The van der Waals surface area contributed by atoms with Gasteiger partial charge in [-0.2, -0.15) is 0 Å². The minimum absolute atomic E-state index is 0. The van der Waals surface area contributed by atoms with Crippen molar-refractivity contribution in [2.45, 2.75) is 25.3 Å². The van der Waals surface area contributed by atoms with E-state index in [2.05, 4.69) is 10.6 Å². The summed E-state index contributed by atoms with van der Waals surface area (Å²) in [7, 11) is 0. The van der Waals surface area contributed by atoms with Crippen LogP contribution in [-0.4, -0.2) is 25.6 Å². The molecule has 1 fully saturated rings. The second-order valence-corrected chi connectivity index (χ2v) is 5.28. The number of para-hydroxylation sites is 1. The van der Waals surface area contributed by atoms with E-state index in [0.717, 1.165) is 43.7 Å². The molecule has 1 amide bonds. The highest BCUT2D eigenvalue weighted by atomic mass is 35.5. The van der Waals surface area contributed by atoms with Gasteiger partial charge in [0.2, 0.25) is 5.91 Å². The third kappa shape index (κ3) is 3.25. The molecule has 1 saturated heterocycles. The zero-order valence-electron chi connectivity index (χ0n) is 11.4. The van der Waals surface area contributed by atoms with Crippen molar-refractivity contribution in [3.63, 3.8) is 0 Å². The van der Waals surface area contributed by atoms with Crippen molar-refractivity contribution in [2.24, 2.45) is 5.92 Å². The fraction of sp³-hybridized carbons (Fsp3) is 0.533. The van der Waals surface area contributed by atoms with Gasteiger partial charge in [0, 0.05) is 18.5 Å². The van der Waals surface area contributed by atoms with Gasteiger partial charge in [-0.1, -0.05) is 18.2 Å². The molecule has 3 rings (SSSR count). The van der Waals surface area contributed by atoms with Gasteiger partial charge in [-0.25, -0.2) is 0 Å². The van der Waals surface area contributed by atoms with Gasteiger partial charge in [0.15, 0.2) is 0 Å². The molecule has 20 heavy (non-hydrogen) atoms. The van der Waals surface area contributed by atoms with Crippen LogP contribution in [0.3, 0.4) is 0 Å². The first-order valence-electron chi connectivity index (χ1n) is 7.07. The van der Waals surface area contributed by atoms with E-state index in [0.29, 0.717) is 6.61 Å². The molecule has 110 valence electrons. The van der Waals surface area contributed by atoms with Crippen molar-refractivity contribution < 1.29 is 9.53 Å². The largest absolute Gasteiger partial charge is 0.493 e. The Morgan fingerprint density at radius 1 is 1.30 bits per heavy atom. The van der Waals surface area contributed by atoms with E-state index in [4.69, 9.17) is 4.74 Å².